The zero-order chi connectivity index (χ0) is 21.6. The molecule has 0 aromatic heterocycles. The number of carbonyl (C=O) groups is 2. The fraction of sp³-hybridized carbons (Fsp3) is 0.300. The highest BCUT2D eigenvalue weighted by molar-refractivity contribution is 7.92. The summed E-state index contributed by atoms with van der Waals surface area (Å²) in [6.45, 7) is 4.71. The highest BCUT2D eigenvalue weighted by Crippen LogP contribution is 2.27. The van der Waals surface area contributed by atoms with Crippen molar-refractivity contribution in [1.29, 1.82) is 0 Å². The molecule has 29 heavy (non-hydrogen) atoms. The first-order valence-corrected chi connectivity index (χ1v) is 10.4. The molecule has 2 N–H and O–H groups in total. The molecule has 0 atom stereocenters. The van der Waals surface area contributed by atoms with Gasteiger partial charge >= 0.3 is 5.97 Å². The van der Waals surface area contributed by atoms with Crippen LogP contribution >= 0.6 is 0 Å². The molecule has 0 aliphatic rings. The van der Waals surface area contributed by atoms with Gasteiger partial charge in [0, 0.05) is 5.56 Å². The summed E-state index contributed by atoms with van der Waals surface area (Å²) in [5.74, 6) is -0.795. The van der Waals surface area contributed by atoms with Gasteiger partial charge in [0.1, 0.15) is 12.3 Å². The molecule has 156 valence electrons. The molecule has 0 spiro atoms. The second-order valence-corrected chi connectivity index (χ2v) is 8.16. The third-order valence-corrected chi connectivity index (χ3v) is 5.36. The fourth-order valence-corrected chi connectivity index (χ4v) is 3.86. The second-order valence-electron chi connectivity index (χ2n) is 6.51. The van der Waals surface area contributed by atoms with Crippen LogP contribution in [0.25, 0.3) is 0 Å². The van der Waals surface area contributed by atoms with Gasteiger partial charge in [0.25, 0.3) is 15.9 Å². The van der Waals surface area contributed by atoms with Crippen LogP contribution in [-0.2, 0) is 19.6 Å². The van der Waals surface area contributed by atoms with Gasteiger partial charge in [0.2, 0.25) is 0 Å². The van der Waals surface area contributed by atoms with Crippen LogP contribution in [0.2, 0.25) is 0 Å². The molecule has 0 radical (unpaired) electrons. The van der Waals surface area contributed by atoms with Gasteiger partial charge < -0.3 is 14.8 Å². The van der Waals surface area contributed by atoms with Crippen LogP contribution in [0, 0.1) is 6.92 Å². The van der Waals surface area contributed by atoms with Crippen LogP contribution in [0.4, 0.5) is 5.69 Å². The summed E-state index contributed by atoms with van der Waals surface area (Å²) in [5, 5.41) is 2.42. The van der Waals surface area contributed by atoms with Crippen LogP contribution in [0.1, 0.15) is 29.8 Å². The van der Waals surface area contributed by atoms with Crippen molar-refractivity contribution in [1.82, 2.24) is 5.32 Å². The Labute approximate surface area is 170 Å². The minimum atomic E-state index is -3.98. The van der Waals surface area contributed by atoms with Gasteiger partial charge in [-0.3, -0.25) is 14.3 Å². The third-order valence-electron chi connectivity index (χ3n) is 3.85. The van der Waals surface area contributed by atoms with Crippen molar-refractivity contribution >= 4 is 27.6 Å². The fourth-order valence-electron chi connectivity index (χ4n) is 2.52. The Kier molecular flexibility index (Phi) is 7.22. The maximum absolute atomic E-state index is 12.9. The van der Waals surface area contributed by atoms with Gasteiger partial charge in [0.15, 0.2) is 0 Å². The minimum absolute atomic E-state index is 0.0548. The first-order valence-electron chi connectivity index (χ1n) is 8.88. The van der Waals surface area contributed by atoms with Crippen molar-refractivity contribution in [3.8, 4) is 5.75 Å². The maximum atomic E-state index is 12.9. The summed E-state index contributed by atoms with van der Waals surface area (Å²) in [6.07, 6.45) is -0.295. The van der Waals surface area contributed by atoms with E-state index in [1.54, 1.807) is 45.0 Å². The molecule has 0 saturated heterocycles. The van der Waals surface area contributed by atoms with E-state index in [4.69, 9.17) is 9.47 Å². The smallest absolute Gasteiger partial charge is 0.325 e. The largest absolute Gasteiger partial charge is 0.495 e. The molecule has 9 heteroatoms. The number of methoxy groups -OCH3 is 1. The molecule has 1 amide bonds. The number of nitrogens with one attached hydrogen (secondary N) is 2. The van der Waals surface area contributed by atoms with Gasteiger partial charge in [-0.05, 0) is 50.6 Å². The number of aryl methyl sites for hydroxylation is 1. The molecular weight excluding hydrogens is 396 g/mol. The molecule has 2 aromatic rings. The van der Waals surface area contributed by atoms with E-state index in [1.165, 1.54) is 25.3 Å². The number of amides is 1. The highest BCUT2D eigenvalue weighted by atomic mass is 32.2. The van der Waals surface area contributed by atoms with Crippen LogP contribution in [0.15, 0.2) is 47.4 Å². The maximum Gasteiger partial charge on any atom is 0.325 e. The summed E-state index contributed by atoms with van der Waals surface area (Å²) in [6, 6.07) is 10.9. The summed E-state index contributed by atoms with van der Waals surface area (Å²) in [7, 11) is -2.54. The zero-order valence-corrected chi connectivity index (χ0v) is 17.5. The Morgan fingerprint density at radius 2 is 1.79 bits per heavy atom. The summed E-state index contributed by atoms with van der Waals surface area (Å²) in [4.78, 5) is 23.9. The number of para-hydroxylation sites is 2. The molecule has 8 nitrogen and oxygen atoms in total. The molecular formula is C20H24N2O6S. The lowest BCUT2D eigenvalue weighted by Crippen LogP contribution is -2.31. The number of ether oxygens (including phenoxy) is 2. The quantitative estimate of drug-likeness (QED) is 0.635. The summed E-state index contributed by atoms with van der Waals surface area (Å²) < 4.78 is 38.4. The highest BCUT2D eigenvalue weighted by Gasteiger charge is 2.21. The summed E-state index contributed by atoms with van der Waals surface area (Å²) in [5.41, 5.74) is 0.845. The number of sulfonamides is 1. The van der Waals surface area contributed by atoms with E-state index in [9.17, 15) is 18.0 Å². The SMILES string of the molecule is COc1ccccc1NS(=O)(=O)c1cc(C(=O)NCC(=O)OC(C)C)ccc1C. The Hall–Kier alpha value is -3.07. The number of anilines is 1. The molecule has 0 fully saturated rings. The molecule has 0 bridgehead atoms. The van der Waals surface area contributed by atoms with Crippen LogP contribution in [0.3, 0.4) is 0 Å². The Bertz CT molecular complexity index is 1000. The predicted molar refractivity (Wildman–Crippen MR) is 109 cm³/mol. The van der Waals surface area contributed by atoms with Crippen LogP contribution in [0.5, 0.6) is 5.75 Å². The summed E-state index contributed by atoms with van der Waals surface area (Å²) >= 11 is 0. The zero-order valence-electron chi connectivity index (χ0n) is 16.7. The Morgan fingerprint density at radius 1 is 1.10 bits per heavy atom. The normalized spacial score (nSPS) is 11.1. The van der Waals surface area contributed by atoms with E-state index in [1.807, 2.05) is 0 Å². The minimum Gasteiger partial charge on any atom is -0.495 e. The van der Waals surface area contributed by atoms with Gasteiger partial charge in [-0.25, -0.2) is 8.42 Å². The molecule has 0 unspecified atom stereocenters. The average molecular weight is 420 g/mol. The van der Waals surface area contributed by atoms with Crippen LogP contribution in [-0.4, -0.2) is 40.1 Å². The van der Waals surface area contributed by atoms with Crippen molar-refractivity contribution in [2.45, 2.75) is 31.8 Å². The molecule has 2 aromatic carbocycles. The van der Waals surface area contributed by atoms with E-state index in [-0.39, 0.29) is 28.8 Å². The Morgan fingerprint density at radius 3 is 2.45 bits per heavy atom. The van der Waals surface area contributed by atoms with Gasteiger partial charge in [0.05, 0.1) is 23.8 Å². The molecule has 0 aliphatic heterocycles. The lowest BCUT2D eigenvalue weighted by molar-refractivity contribution is -0.146. The standard InChI is InChI=1S/C20H24N2O6S/c1-13(2)28-19(23)12-21-20(24)15-10-9-14(3)18(11-15)29(25,26)22-16-7-5-6-8-17(16)27-4/h5-11,13,22H,12H2,1-4H3,(H,21,24). The van der Waals surface area contributed by atoms with Gasteiger partial charge in [-0.15, -0.1) is 0 Å². The number of hydrogen-bond acceptors (Lipinski definition) is 6. The monoisotopic (exact) mass is 420 g/mol. The first-order chi connectivity index (χ1) is 13.6. The number of hydrogen-bond donors (Lipinski definition) is 2. The van der Waals surface area contributed by atoms with Crippen molar-refractivity contribution < 1.29 is 27.5 Å². The Balaban J connectivity index is 2.23. The van der Waals surface area contributed by atoms with Gasteiger partial charge in [-0.2, -0.15) is 0 Å². The van der Waals surface area contributed by atoms with Crippen molar-refractivity contribution in [2.75, 3.05) is 18.4 Å². The molecule has 2 rings (SSSR count). The second kappa shape index (κ2) is 9.42. The van der Waals surface area contributed by atoms with E-state index in [0.29, 0.717) is 11.3 Å². The van der Waals surface area contributed by atoms with E-state index < -0.39 is 21.9 Å². The first kappa shape index (κ1) is 22.2. The lowest BCUT2D eigenvalue weighted by atomic mass is 10.1. The van der Waals surface area contributed by atoms with Gasteiger partial charge in [-0.1, -0.05) is 18.2 Å². The number of carbonyl (C=O) groups excluding carboxylic acids is 2. The third kappa shape index (κ3) is 5.95. The topological polar surface area (TPSA) is 111 Å². The van der Waals surface area contributed by atoms with Crippen molar-refractivity contribution in [3.63, 3.8) is 0 Å². The molecule has 0 heterocycles. The molecule has 0 saturated carbocycles. The molecule has 0 aliphatic carbocycles. The van der Waals surface area contributed by atoms with E-state index >= 15 is 0 Å². The van der Waals surface area contributed by atoms with E-state index in [2.05, 4.69) is 10.0 Å². The average Bonchev–Trinajstić information content (AvgIpc) is 2.66. The number of esters is 1. The lowest BCUT2D eigenvalue weighted by Gasteiger charge is -2.14. The predicted octanol–water partition coefficient (Wildman–Crippen LogP) is 2.49. The number of rotatable bonds is 8. The van der Waals surface area contributed by atoms with E-state index in [0.717, 1.165) is 0 Å². The number of benzene rings is 2. The van der Waals surface area contributed by atoms with Crippen molar-refractivity contribution in [2.24, 2.45) is 0 Å². The van der Waals surface area contributed by atoms with Crippen molar-refractivity contribution in [3.05, 3.63) is 53.6 Å². The van der Waals surface area contributed by atoms with Crippen LogP contribution < -0.4 is 14.8 Å².